The summed E-state index contributed by atoms with van der Waals surface area (Å²) in [6, 6.07) is 3.97. The van der Waals surface area contributed by atoms with Gasteiger partial charge in [0.05, 0.1) is 5.56 Å². The Bertz CT molecular complexity index is 1150. The van der Waals surface area contributed by atoms with Crippen molar-refractivity contribution in [3.05, 3.63) is 77.5 Å². The van der Waals surface area contributed by atoms with Crippen LogP contribution < -0.4 is 5.32 Å². The first-order chi connectivity index (χ1) is 13.9. The number of H-pyrrole nitrogens is 1. The molecule has 4 rings (SSSR count). The van der Waals surface area contributed by atoms with Gasteiger partial charge < -0.3 is 10.3 Å². The van der Waals surface area contributed by atoms with Crippen molar-refractivity contribution in [2.45, 2.75) is 19.1 Å². The molecule has 6 nitrogen and oxygen atoms in total. The quantitative estimate of drug-likeness (QED) is 0.388. The molecular weight excluding hydrogens is 388 g/mol. The number of anilines is 1. The van der Waals surface area contributed by atoms with Crippen molar-refractivity contribution in [3.63, 3.8) is 0 Å². The van der Waals surface area contributed by atoms with Crippen molar-refractivity contribution in [1.82, 2.24) is 24.9 Å². The molecule has 0 aliphatic rings. The number of halogens is 4. The maximum atomic E-state index is 14.5. The van der Waals surface area contributed by atoms with Gasteiger partial charge in [0.15, 0.2) is 0 Å². The third-order valence-corrected chi connectivity index (χ3v) is 4.42. The Morgan fingerprint density at radius 2 is 1.86 bits per heavy atom. The van der Waals surface area contributed by atoms with Gasteiger partial charge in [-0.15, -0.1) is 0 Å². The number of pyridine rings is 2. The van der Waals surface area contributed by atoms with E-state index in [-0.39, 0.29) is 24.3 Å². The minimum absolute atomic E-state index is 0.0509. The Hall–Kier alpha value is -3.56. The van der Waals surface area contributed by atoms with E-state index in [9.17, 15) is 17.6 Å². The lowest BCUT2D eigenvalue weighted by molar-refractivity contribution is -0.138. The molecule has 0 bridgehead atoms. The zero-order valence-electron chi connectivity index (χ0n) is 14.8. The fraction of sp³-hybridized carbons (Fsp3) is 0.158. The van der Waals surface area contributed by atoms with Crippen LogP contribution >= 0.6 is 0 Å². The number of hydrogen-bond acceptors (Lipinski definition) is 5. The van der Waals surface area contributed by atoms with Crippen LogP contribution in [0, 0.1) is 5.95 Å². The smallest absolute Gasteiger partial charge is 0.366 e. The molecule has 0 unspecified atom stereocenters. The summed E-state index contributed by atoms with van der Waals surface area (Å²) in [5, 5.41) is 3.50. The van der Waals surface area contributed by atoms with Gasteiger partial charge in [0.1, 0.15) is 17.8 Å². The number of aromatic nitrogens is 5. The van der Waals surface area contributed by atoms with Crippen molar-refractivity contribution < 1.29 is 17.6 Å². The molecule has 0 atom stereocenters. The third-order valence-electron chi connectivity index (χ3n) is 4.42. The van der Waals surface area contributed by atoms with Crippen LogP contribution in [0.1, 0.15) is 22.3 Å². The topological polar surface area (TPSA) is 79.4 Å². The molecular formula is C19H14F4N6. The van der Waals surface area contributed by atoms with Gasteiger partial charge in [0, 0.05) is 54.3 Å². The van der Waals surface area contributed by atoms with Gasteiger partial charge in [-0.3, -0.25) is 4.98 Å². The van der Waals surface area contributed by atoms with Crippen LogP contribution in [0.2, 0.25) is 0 Å². The molecule has 0 aliphatic heterocycles. The van der Waals surface area contributed by atoms with E-state index in [1.54, 1.807) is 18.5 Å². The van der Waals surface area contributed by atoms with Crippen molar-refractivity contribution >= 4 is 16.9 Å². The minimum atomic E-state index is -4.49. The fourth-order valence-corrected chi connectivity index (χ4v) is 2.99. The first kappa shape index (κ1) is 18.8. The summed E-state index contributed by atoms with van der Waals surface area (Å²) >= 11 is 0. The number of fused-ring (bicyclic) bond motifs is 1. The molecule has 0 fully saturated rings. The number of nitrogens with one attached hydrogen (secondary N) is 2. The molecule has 4 aromatic rings. The number of aromatic amines is 1. The van der Waals surface area contributed by atoms with Gasteiger partial charge in [-0.05, 0) is 17.7 Å². The Kier molecular flexibility index (Phi) is 4.83. The highest BCUT2D eigenvalue weighted by atomic mass is 19.4. The maximum absolute atomic E-state index is 14.5. The first-order valence-electron chi connectivity index (χ1n) is 8.57. The van der Waals surface area contributed by atoms with Crippen LogP contribution in [0.15, 0.2) is 49.3 Å². The Morgan fingerprint density at radius 1 is 1.00 bits per heavy atom. The Morgan fingerprint density at radius 3 is 2.66 bits per heavy atom. The second-order valence-corrected chi connectivity index (χ2v) is 6.31. The largest absolute Gasteiger partial charge is 0.416 e. The molecule has 0 amide bonds. The second-order valence-electron chi connectivity index (χ2n) is 6.31. The Balaban J connectivity index is 1.50. The molecule has 0 spiro atoms. The van der Waals surface area contributed by atoms with E-state index in [2.05, 4.69) is 30.2 Å². The van der Waals surface area contributed by atoms with E-state index < -0.39 is 17.7 Å². The number of alkyl halides is 3. The zero-order valence-corrected chi connectivity index (χ0v) is 14.8. The van der Waals surface area contributed by atoms with E-state index in [0.717, 1.165) is 29.4 Å². The van der Waals surface area contributed by atoms with Gasteiger partial charge in [-0.1, -0.05) is 6.07 Å². The molecule has 148 valence electrons. The highest BCUT2D eigenvalue weighted by Gasteiger charge is 2.33. The monoisotopic (exact) mass is 402 g/mol. The van der Waals surface area contributed by atoms with Crippen LogP contribution in [-0.4, -0.2) is 24.9 Å². The van der Waals surface area contributed by atoms with E-state index in [1.807, 2.05) is 0 Å². The molecule has 0 radical (unpaired) electrons. The maximum Gasteiger partial charge on any atom is 0.416 e. The summed E-state index contributed by atoms with van der Waals surface area (Å²) in [6.07, 6.45) is 2.76. The zero-order chi connectivity index (χ0) is 20.4. The Labute approximate surface area is 162 Å². The van der Waals surface area contributed by atoms with Crippen LogP contribution in [0.4, 0.5) is 23.4 Å². The average Bonchev–Trinajstić information content (AvgIpc) is 3.11. The lowest BCUT2D eigenvalue weighted by Gasteiger charge is -2.13. The van der Waals surface area contributed by atoms with E-state index in [0.29, 0.717) is 11.2 Å². The van der Waals surface area contributed by atoms with E-state index >= 15 is 0 Å². The van der Waals surface area contributed by atoms with Gasteiger partial charge in [0.25, 0.3) is 0 Å². The third kappa shape index (κ3) is 4.00. The normalized spacial score (nSPS) is 11.7. The van der Waals surface area contributed by atoms with Crippen LogP contribution in [0.5, 0.6) is 0 Å². The van der Waals surface area contributed by atoms with Crippen molar-refractivity contribution in [2.75, 3.05) is 5.32 Å². The molecule has 4 aromatic heterocycles. The van der Waals surface area contributed by atoms with Crippen molar-refractivity contribution in [2.24, 2.45) is 0 Å². The predicted octanol–water partition coefficient (Wildman–Crippen LogP) is 4.11. The number of nitrogens with zero attached hydrogens (tertiary/aromatic N) is 4. The predicted molar refractivity (Wildman–Crippen MR) is 97.5 cm³/mol. The van der Waals surface area contributed by atoms with Gasteiger partial charge >= 0.3 is 6.18 Å². The molecule has 0 saturated carbocycles. The molecule has 0 aromatic carbocycles. The molecule has 0 saturated heterocycles. The summed E-state index contributed by atoms with van der Waals surface area (Å²) in [5.74, 6) is -0.575. The summed E-state index contributed by atoms with van der Waals surface area (Å²) in [6.45, 7) is -0.186. The van der Waals surface area contributed by atoms with Gasteiger partial charge in [-0.2, -0.15) is 17.6 Å². The van der Waals surface area contributed by atoms with Crippen LogP contribution in [0.25, 0.3) is 11.0 Å². The van der Waals surface area contributed by atoms with E-state index in [4.69, 9.17) is 0 Å². The number of hydrogen-bond donors (Lipinski definition) is 2. The van der Waals surface area contributed by atoms with Crippen molar-refractivity contribution in [1.29, 1.82) is 0 Å². The molecule has 2 N–H and O–H groups in total. The summed E-state index contributed by atoms with van der Waals surface area (Å²) < 4.78 is 53.6. The minimum Gasteiger partial charge on any atom is -0.366 e. The SMILES string of the molecule is Fc1nc(NCc2cnccc2C(F)(F)F)ccc1Cc1c[nH]c2ncncc12. The lowest BCUT2D eigenvalue weighted by atomic mass is 10.1. The summed E-state index contributed by atoms with van der Waals surface area (Å²) in [7, 11) is 0. The van der Waals surface area contributed by atoms with Crippen LogP contribution in [-0.2, 0) is 19.1 Å². The molecule has 0 aliphatic carbocycles. The van der Waals surface area contributed by atoms with Gasteiger partial charge in [-0.25, -0.2) is 15.0 Å². The standard InChI is InChI=1S/C19H14F4N6/c20-17-11(5-12-7-27-18-14(12)9-25-10-28-18)1-2-16(29-17)26-8-13-6-24-4-3-15(13)19(21,22)23/h1-4,6-7,9-10H,5,8H2,(H,26,29)(H,25,27,28). The molecule has 4 heterocycles. The molecule has 29 heavy (non-hydrogen) atoms. The number of rotatable bonds is 5. The fourth-order valence-electron chi connectivity index (χ4n) is 2.99. The summed E-state index contributed by atoms with van der Waals surface area (Å²) in [4.78, 5) is 18.6. The van der Waals surface area contributed by atoms with Crippen LogP contribution in [0.3, 0.4) is 0 Å². The molecule has 10 heteroatoms. The average molecular weight is 402 g/mol. The second kappa shape index (κ2) is 7.46. The highest BCUT2D eigenvalue weighted by Crippen LogP contribution is 2.31. The van der Waals surface area contributed by atoms with Gasteiger partial charge in [0.2, 0.25) is 5.95 Å². The first-order valence-corrected chi connectivity index (χ1v) is 8.57. The lowest BCUT2D eigenvalue weighted by Crippen LogP contribution is -2.13. The summed E-state index contributed by atoms with van der Waals surface area (Å²) in [5.41, 5.74) is 0.965. The van der Waals surface area contributed by atoms with Crippen molar-refractivity contribution in [3.8, 4) is 0 Å². The highest BCUT2D eigenvalue weighted by molar-refractivity contribution is 5.78. The van der Waals surface area contributed by atoms with E-state index in [1.165, 1.54) is 12.4 Å².